The first-order valence-corrected chi connectivity index (χ1v) is 6.68. The minimum absolute atomic E-state index is 0.0822. The highest BCUT2D eigenvalue weighted by Crippen LogP contribution is 2.35. The number of azo groups is 1. The van der Waals surface area contributed by atoms with Gasteiger partial charge >= 0.3 is 0 Å². The maximum atomic E-state index is 11.9. The Morgan fingerprint density at radius 1 is 1.00 bits per heavy atom. The molecule has 0 saturated heterocycles. The van der Waals surface area contributed by atoms with Crippen LogP contribution in [0.4, 0.5) is 5.69 Å². The van der Waals surface area contributed by atoms with Gasteiger partial charge in [-0.25, -0.2) is 4.99 Å². The lowest BCUT2D eigenvalue weighted by Gasteiger charge is -1.92. The molecule has 22 heavy (non-hydrogen) atoms. The predicted molar refractivity (Wildman–Crippen MR) is 80.1 cm³/mol. The second-order valence-electron chi connectivity index (χ2n) is 4.85. The first kappa shape index (κ1) is 12.5. The number of benzene rings is 2. The van der Waals surface area contributed by atoms with Crippen LogP contribution < -0.4 is 10.6 Å². The van der Waals surface area contributed by atoms with Gasteiger partial charge < -0.3 is 10.1 Å². The number of nitrogens with one attached hydrogen (secondary N) is 1. The fourth-order valence-electron chi connectivity index (χ4n) is 2.46. The van der Waals surface area contributed by atoms with Crippen LogP contribution >= 0.6 is 0 Å². The molecule has 1 aliphatic rings. The Morgan fingerprint density at radius 3 is 2.68 bits per heavy atom. The summed E-state index contributed by atoms with van der Waals surface area (Å²) in [7, 11) is 0. The summed E-state index contributed by atoms with van der Waals surface area (Å²) in [6.07, 6.45) is 0. The van der Waals surface area contributed by atoms with Crippen molar-refractivity contribution in [2.24, 2.45) is 15.2 Å². The summed E-state index contributed by atoms with van der Waals surface area (Å²) in [4.78, 5) is 18.6. The van der Waals surface area contributed by atoms with Crippen LogP contribution in [0.5, 0.6) is 5.88 Å². The van der Waals surface area contributed by atoms with Crippen molar-refractivity contribution in [3.05, 3.63) is 59.1 Å². The van der Waals surface area contributed by atoms with Gasteiger partial charge in [0, 0.05) is 10.6 Å². The number of fused-ring (bicyclic) bond motifs is 2. The number of carbonyl (C=O) groups is 1. The SMILES string of the molecule is O=C1N=c2ccccc2=C1N=Nc1c(O)[nH]c2ccccc12. The Balaban J connectivity index is 1.88. The Bertz CT molecular complexity index is 1060. The van der Waals surface area contributed by atoms with E-state index in [0.29, 0.717) is 16.3 Å². The number of aromatic nitrogens is 1. The summed E-state index contributed by atoms with van der Waals surface area (Å²) < 4.78 is 0. The van der Waals surface area contributed by atoms with Crippen molar-refractivity contribution < 1.29 is 9.90 Å². The standard InChI is InChI=1S/C16H10N4O2/c21-15-13(9-5-1-3-7-11(9)17-15)19-20-14-10-6-2-4-8-12(10)18-16(14)22/h1-8,17,21H. The van der Waals surface area contributed by atoms with E-state index in [4.69, 9.17) is 0 Å². The number of nitrogens with zero attached hydrogens (tertiary/aromatic N) is 3. The molecular weight excluding hydrogens is 280 g/mol. The number of para-hydroxylation sites is 2. The molecule has 106 valence electrons. The Hall–Kier alpha value is -3.28. The summed E-state index contributed by atoms with van der Waals surface area (Å²) in [6.45, 7) is 0. The highest BCUT2D eigenvalue weighted by Gasteiger charge is 2.16. The zero-order chi connectivity index (χ0) is 15.1. The van der Waals surface area contributed by atoms with E-state index >= 15 is 0 Å². The van der Waals surface area contributed by atoms with E-state index in [2.05, 4.69) is 20.2 Å². The number of hydrogen-bond acceptors (Lipinski definition) is 4. The Kier molecular flexibility index (Phi) is 2.62. The van der Waals surface area contributed by atoms with Crippen LogP contribution in [0.15, 0.2) is 63.8 Å². The molecule has 0 unspecified atom stereocenters. The van der Waals surface area contributed by atoms with Crippen molar-refractivity contribution in [3.8, 4) is 5.88 Å². The quantitative estimate of drug-likeness (QED) is 0.706. The molecule has 0 atom stereocenters. The molecule has 2 N–H and O–H groups in total. The highest BCUT2D eigenvalue weighted by atomic mass is 16.3. The van der Waals surface area contributed by atoms with E-state index in [-0.39, 0.29) is 11.6 Å². The first-order chi connectivity index (χ1) is 10.7. The molecule has 1 aliphatic heterocycles. The fourth-order valence-corrected chi connectivity index (χ4v) is 2.46. The number of aromatic hydroxyl groups is 1. The summed E-state index contributed by atoms with van der Waals surface area (Å²) in [5.41, 5.74) is 1.24. The normalized spacial score (nSPS) is 13.8. The maximum Gasteiger partial charge on any atom is 0.298 e. The van der Waals surface area contributed by atoms with Crippen LogP contribution in [0.1, 0.15) is 0 Å². The summed E-state index contributed by atoms with van der Waals surface area (Å²) >= 11 is 0. The average molecular weight is 290 g/mol. The van der Waals surface area contributed by atoms with Gasteiger partial charge in [0.05, 0.1) is 10.9 Å². The second kappa shape index (κ2) is 4.63. The van der Waals surface area contributed by atoms with E-state index in [1.54, 1.807) is 18.2 Å². The molecule has 0 saturated carbocycles. The molecule has 2 aromatic carbocycles. The fraction of sp³-hybridized carbons (Fsp3) is 0. The number of amides is 1. The van der Waals surface area contributed by atoms with Gasteiger partial charge in [-0.3, -0.25) is 4.79 Å². The van der Waals surface area contributed by atoms with Gasteiger partial charge in [-0.1, -0.05) is 36.4 Å². The zero-order valence-corrected chi connectivity index (χ0v) is 11.3. The average Bonchev–Trinajstić information content (AvgIpc) is 3.01. The maximum absolute atomic E-state index is 11.9. The Labute approximate surface area is 124 Å². The van der Waals surface area contributed by atoms with E-state index in [1.165, 1.54) is 0 Å². The van der Waals surface area contributed by atoms with Crippen LogP contribution in [0.3, 0.4) is 0 Å². The molecule has 0 fully saturated rings. The number of H-pyrrole nitrogens is 1. The third kappa shape index (κ3) is 1.81. The molecular formula is C16H10N4O2. The van der Waals surface area contributed by atoms with Crippen molar-refractivity contribution in [1.82, 2.24) is 4.98 Å². The largest absolute Gasteiger partial charge is 0.493 e. The van der Waals surface area contributed by atoms with E-state index < -0.39 is 5.91 Å². The molecule has 0 spiro atoms. The number of carbonyl (C=O) groups excluding carboxylic acids is 1. The van der Waals surface area contributed by atoms with Crippen molar-refractivity contribution in [3.63, 3.8) is 0 Å². The molecule has 6 heteroatoms. The van der Waals surface area contributed by atoms with Crippen LogP contribution in [0, 0.1) is 0 Å². The number of hydrogen-bond donors (Lipinski definition) is 2. The van der Waals surface area contributed by atoms with Crippen molar-refractivity contribution in [2.75, 3.05) is 0 Å². The van der Waals surface area contributed by atoms with Gasteiger partial charge in [-0.2, -0.15) is 0 Å². The van der Waals surface area contributed by atoms with Gasteiger partial charge in [0.25, 0.3) is 5.91 Å². The van der Waals surface area contributed by atoms with Gasteiger partial charge in [0.1, 0.15) is 0 Å². The van der Waals surface area contributed by atoms with Crippen LogP contribution in [0.25, 0.3) is 16.6 Å². The molecule has 1 aromatic heterocycles. The lowest BCUT2D eigenvalue weighted by Crippen LogP contribution is -2.21. The van der Waals surface area contributed by atoms with E-state index in [9.17, 15) is 9.90 Å². The van der Waals surface area contributed by atoms with Gasteiger partial charge in [0.2, 0.25) is 5.88 Å². The molecule has 0 aliphatic carbocycles. The smallest absolute Gasteiger partial charge is 0.298 e. The first-order valence-electron chi connectivity index (χ1n) is 6.68. The second-order valence-corrected chi connectivity index (χ2v) is 4.85. The summed E-state index contributed by atoms with van der Waals surface area (Å²) in [5, 5.41) is 20.0. The third-order valence-electron chi connectivity index (χ3n) is 3.49. The van der Waals surface area contributed by atoms with Crippen molar-refractivity contribution >= 4 is 28.2 Å². The molecule has 0 bridgehead atoms. The topological polar surface area (TPSA) is 90.2 Å². The molecule has 0 radical (unpaired) electrons. The monoisotopic (exact) mass is 290 g/mol. The highest BCUT2D eigenvalue weighted by molar-refractivity contribution is 6.14. The molecule has 2 heterocycles. The predicted octanol–water partition coefficient (Wildman–Crippen LogP) is 1.93. The summed E-state index contributed by atoms with van der Waals surface area (Å²) in [6, 6.07) is 14.5. The molecule has 3 aromatic rings. The van der Waals surface area contributed by atoms with Gasteiger partial charge in [-0.05, 0) is 12.1 Å². The number of rotatable bonds is 2. The van der Waals surface area contributed by atoms with Crippen LogP contribution in [-0.2, 0) is 4.79 Å². The van der Waals surface area contributed by atoms with Crippen molar-refractivity contribution in [1.29, 1.82) is 0 Å². The third-order valence-corrected chi connectivity index (χ3v) is 3.49. The molecule has 4 rings (SSSR count). The van der Waals surface area contributed by atoms with Gasteiger partial charge in [-0.15, -0.1) is 10.2 Å². The van der Waals surface area contributed by atoms with E-state index in [0.717, 1.165) is 10.9 Å². The van der Waals surface area contributed by atoms with Crippen LogP contribution in [0.2, 0.25) is 0 Å². The minimum atomic E-state index is -0.427. The Morgan fingerprint density at radius 2 is 1.77 bits per heavy atom. The molecule has 6 nitrogen and oxygen atoms in total. The van der Waals surface area contributed by atoms with E-state index in [1.807, 2.05) is 30.3 Å². The number of aromatic amines is 1. The summed E-state index contributed by atoms with van der Waals surface area (Å²) in [5.74, 6) is -0.509. The van der Waals surface area contributed by atoms with Crippen molar-refractivity contribution in [2.45, 2.75) is 0 Å². The van der Waals surface area contributed by atoms with Gasteiger partial charge in [0.15, 0.2) is 11.4 Å². The lowest BCUT2D eigenvalue weighted by molar-refractivity contribution is -0.112. The lowest BCUT2D eigenvalue weighted by atomic mass is 10.2. The van der Waals surface area contributed by atoms with Crippen LogP contribution in [-0.4, -0.2) is 16.0 Å². The minimum Gasteiger partial charge on any atom is -0.493 e. The zero-order valence-electron chi connectivity index (χ0n) is 11.3. The molecule has 1 amide bonds.